The molecule has 1 saturated heterocycles. The molecule has 2 aromatic rings. The third-order valence-corrected chi connectivity index (χ3v) is 5.19. The molecular formula is C21H18O5. The summed E-state index contributed by atoms with van der Waals surface area (Å²) in [5.74, 6) is -1.42. The van der Waals surface area contributed by atoms with Crippen LogP contribution in [0.2, 0.25) is 0 Å². The number of hydrogen-bond acceptors (Lipinski definition) is 5. The first-order valence-electron chi connectivity index (χ1n) is 8.67. The van der Waals surface area contributed by atoms with Crippen molar-refractivity contribution in [3.8, 4) is 11.1 Å². The van der Waals surface area contributed by atoms with Crippen LogP contribution in [0.25, 0.3) is 11.1 Å². The van der Waals surface area contributed by atoms with E-state index in [9.17, 15) is 14.4 Å². The number of carbonyl (C=O) groups is 3. The van der Waals surface area contributed by atoms with E-state index >= 15 is 0 Å². The highest BCUT2D eigenvalue weighted by Crippen LogP contribution is 2.42. The standard InChI is InChI=1S/C21H18O5/c22-12-17-16-10-20(23)25-18(16)11-19(17)26-21(24)15-8-6-14(7-9-15)13-4-2-1-3-5-13/h1-9,12,16-19H,10-11H2/t16-,17+,18+,19?/m1/s1. The van der Waals surface area contributed by atoms with Crippen molar-refractivity contribution in [3.63, 3.8) is 0 Å². The molecule has 5 heteroatoms. The van der Waals surface area contributed by atoms with Gasteiger partial charge < -0.3 is 14.3 Å². The van der Waals surface area contributed by atoms with Gasteiger partial charge in [-0.3, -0.25) is 4.79 Å². The second-order valence-corrected chi connectivity index (χ2v) is 6.73. The van der Waals surface area contributed by atoms with Gasteiger partial charge in [-0.1, -0.05) is 42.5 Å². The number of carbonyl (C=O) groups excluding carboxylic acids is 3. The maximum Gasteiger partial charge on any atom is 0.338 e. The van der Waals surface area contributed by atoms with Gasteiger partial charge in [-0.2, -0.15) is 0 Å². The van der Waals surface area contributed by atoms with Gasteiger partial charge in [0.15, 0.2) is 0 Å². The van der Waals surface area contributed by atoms with Crippen molar-refractivity contribution >= 4 is 18.2 Å². The molecule has 2 aliphatic rings. The molecule has 0 N–H and O–H groups in total. The molecule has 1 saturated carbocycles. The van der Waals surface area contributed by atoms with Gasteiger partial charge >= 0.3 is 11.9 Å². The molecule has 5 nitrogen and oxygen atoms in total. The second-order valence-electron chi connectivity index (χ2n) is 6.73. The van der Waals surface area contributed by atoms with E-state index in [0.29, 0.717) is 12.0 Å². The van der Waals surface area contributed by atoms with E-state index in [1.165, 1.54) is 0 Å². The van der Waals surface area contributed by atoms with Gasteiger partial charge in [0.25, 0.3) is 0 Å². The fourth-order valence-corrected chi connectivity index (χ4v) is 3.85. The maximum absolute atomic E-state index is 12.4. The average Bonchev–Trinajstić information content (AvgIpc) is 3.17. The number of hydrogen-bond donors (Lipinski definition) is 0. The number of fused-ring (bicyclic) bond motifs is 1. The van der Waals surface area contributed by atoms with Crippen LogP contribution in [0.1, 0.15) is 23.2 Å². The molecule has 1 aliphatic carbocycles. The quantitative estimate of drug-likeness (QED) is 0.626. The smallest absolute Gasteiger partial charge is 0.338 e. The lowest BCUT2D eigenvalue weighted by atomic mass is 9.93. The molecule has 26 heavy (non-hydrogen) atoms. The molecule has 0 bridgehead atoms. The summed E-state index contributed by atoms with van der Waals surface area (Å²) in [6, 6.07) is 17.0. The maximum atomic E-state index is 12.4. The van der Waals surface area contributed by atoms with E-state index in [2.05, 4.69) is 0 Å². The molecular weight excluding hydrogens is 332 g/mol. The van der Waals surface area contributed by atoms with Crippen LogP contribution >= 0.6 is 0 Å². The van der Waals surface area contributed by atoms with Crippen LogP contribution in [0.5, 0.6) is 0 Å². The van der Waals surface area contributed by atoms with Crippen LogP contribution in [-0.2, 0) is 19.1 Å². The Bertz CT molecular complexity index is 827. The highest BCUT2D eigenvalue weighted by atomic mass is 16.6. The van der Waals surface area contributed by atoms with Crippen LogP contribution in [0, 0.1) is 11.8 Å². The lowest BCUT2D eigenvalue weighted by molar-refractivity contribution is -0.141. The minimum absolute atomic E-state index is 0.182. The number of aldehydes is 1. The zero-order valence-electron chi connectivity index (χ0n) is 14.0. The van der Waals surface area contributed by atoms with Crippen LogP contribution in [0.4, 0.5) is 0 Å². The Morgan fingerprint density at radius 1 is 1.04 bits per heavy atom. The lowest BCUT2D eigenvalue weighted by Crippen LogP contribution is -2.27. The van der Waals surface area contributed by atoms with Crippen molar-refractivity contribution < 1.29 is 23.9 Å². The molecule has 0 radical (unpaired) electrons. The van der Waals surface area contributed by atoms with E-state index in [4.69, 9.17) is 9.47 Å². The molecule has 0 amide bonds. The molecule has 1 unspecified atom stereocenters. The van der Waals surface area contributed by atoms with Crippen LogP contribution in [-0.4, -0.2) is 30.4 Å². The zero-order chi connectivity index (χ0) is 18.1. The number of benzene rings is 2. The summed E-state index contributed by atoms with van der Waals surface area (Å²) in [6.45, 7) is 0. The topological polar surface area (TPSA) is 69.7 Å². The Morgan fingerprint density at radius 3 is 2.42 bits per heavy atom. The van der Waals surface area contributed by atoms with Gasteiger partial charge in [0.05, 0.1) is 17.9 Å². The lowest BCUT2D eigenvalue weighted by Gasteiger charge is -2.18. The van der Waals surface area contributed by atoms with E-state index < -0.39 is 18.0 Å². The van der Waals surface area contributed by atoms with Crippen molar-refractivity contribution in [2.24, 2.45) is 11.8 Å². The first kappa shape index (κ1) is 16.5. The monoisotopic (exact) mass is 350 g/mol. The van der Waals surface area contributed by atoms with Crippen molar-refractivity contribution in [2.75, 3.05) is 0 Å². The number of rotatable bonds is 4. The molecule has 0 spiro atoms. The van der Waals surface area contributed by atoms with E-state index in [-0.39, 0.29) is 24.4 Å². The molecule has 2 aromatic carbocycles. The first-order chi connectivity index (χ1) is 12.7. The summed E-state index contributed by atoms with van der Waals surface area (Å²) in [5, 5.41) is 0. The molecule has 1 heterocycles. The Hall–Kier alpha value is -2.95. The van der Waals surface area contributed by atoms with Gasteiger partial charge in [-0.15, -0.1) is 0 Å². The van der Waals surface area contributed by atoms with Gasteiger partial charge in [-0.05, 0) is 23.3 Å². The molecule has 2 fully saturated rings. The molecule has 0 aromatic heterocycles. The van der Waals surface area contributed by atoms with E-state index in [1.807, 2.05) is 42.5 Å². The van der Waals surface area contributed by atoms with Gasteiger partial charge in [-0.25, -0.2) is 4.79 Å². The highest BCUT2D eigenvalue weighted by Gasteiger charge is 2.51. The van der Waals surface area contributed by atoms with Crippen LogP contribution in [0.15, 0.2) is 54.6 Å². The zero-order valence-corrected chi connectivity index (χ0v) is 14.0. The SMILES string of the molecule is O=C[C@@H]1C(OC(=O)c2ccc(-c3ccccc3)cc2)C[C@@H]2OC(=O)C[C@@H]21. The molecule has 1 aliphatic heterocycles. The second kappa shape index (κ2) is 6.75. The largest absolute Gasteiger partial charge is 0.462 e. The average molecular weight is 350 g/mol. The molecule has 4 rings (SSSR count). The highest BCUT2D eigenvalue weighted by molar-refractivity contribution is 5.90. The Kier molecular flexibility index (Phi) is 4.29. The van der Waals surface area contributed by atoms with Gasteiger partial charge in [0.2, 0.25) is 0 Å². The third kappa shape index (κ3) is 3.01. The minimum atomic E-state index is -0.545. The third-order valence-electron chi connectivity index (χ3n) is 5.19. The van der Waals surface area contributed by atoms with Crippen molar-refractivity contribution in [1.82, 2.24) is 0 Å². The summed E-state index contributed by atoms with van der Waals surface area (Å²) in [5.41, 5.74) is 2.51. The van der Waals surface area contributed by atoms with Crippen molar-refractivity contribution in [1.29, 1.82) is 0 Å². The minimum Gasteiger partial charge on any atom is -0.462 e. The molecule has 4 atom stereocenters. The normalized spacial score (nSPS) is 26.8. The summed E-state index contributed by atoms with van der Waals surface area (Å²) in [6.07, 6.45) is 0.512. The van der Waals surface area contributed by atoms with Crippen LogP contribution in [0.3, 0.4) is 0 Å². The van der Waals surface area contributed by atoms with E-state index in [1.54, 1.807) is 12.1 Å². The summed E-state index contributed by atoms with van der Waals surface area (Å²) < 4.78 is 10.8. The fourth-order valence-electron chi connectivity index (χ4n) is 3.85. The van der Waals surface area contributed by atoms with Crippen molar-refractivity contribution in [2.45, 2.75) is 25.0 Å². The Balaban J connectivity index is 1.45. The number of ether oxygens (including phenoxy) is 2. The Morgan fingerprint density at radius 2 is 1.73 bits per heavy atom. The summed E-state index contributed by atoms with van der Waals surface area (Å²) >= 11 is 0. The fraction of sp³-hybridized carbons (Fsp3) is 0.286. The van der Waals surface area contributed by atoms with Gasteiger partial charge in [0, 0.05) is 12.3 Å². The van der Waals surface area contributed by atoms with Gasteiger partial charge in [0.1, 0.15) is 18.5 Å². The van der Waals surface area contributed by atoms with Crippen LogP contribution < -0.4 is 0 Å². The Labute approximate surface area is 150 Å². The van der Waals surface area contributed by atoms with E-state index in [0.717, 1.165) is 17.4 Å². The predicted octanol–water partition coefficient (Wildman–Crippen LogP) is 3.03. The summed E-state index contributed by atoms with van der Waals surface area (Å²) in [4.78, 5) is 35.2. The first-order valence-corrected chi connectivity index (χ1v) is 8.67. The summed E-state index contributed by atoms with van der Waals surface area (Å²) in [7, 11) is 0. The molecule has 132 valence electrons. The van der Waals surface area contributed by atoms with Crippen molar-refractivity contribution in [3.05, 3.63) is 60.2 Å². The predicted molar refractivity (Wildman–Crippen MR) is 93.2 cm³/mol. The number of esters is 2.